The summed E-state index contributed by atoms with van der Waals surface area (Å²) in [5.74, 6) is 1.11. The number of aromatic hydroxyl groups is 1. The largest absolute Gasteiger partial charge is 0.506 e. The van der Waals surface area contributed by atoms with Crippen molar-refractivity contribution in [1.29, 1.82) is 0 Å². The maximum atomic E-state index is 13.2. The van der Waals surface area contributed by atoms with Gasteiger partial charge in [0.05, 0.1) is 17.7 Å². The van der Waals surface area contributed by atoms with Gasteiger partial charge in [0.25, 0.3) is 0 Å². The number of alkyl carbamates (subject to hydrolysis) is 1. The number of aliphatic hydroxyl groups excluding tert-OH is 1. The van der Waals surface area contributed by atoms with Crippen molar-refractivity contribution in [1.82, 2.24) is 20.5 Å². The van der Waals surface area contributed by atoms with Crippen molar-refractivity contribution >= 4 is 17.0 Å². The summed E-state index contributed by atoms with van der Waals surface area (Å²) in [4.78, 5) is 29.9. The van der Waals surface area contributed by atoms with Crippen LogP contribution in [0.15, 0.2) is 108 Å². The minimum absolute atomic E-state index is 0.0311. The van der Waals surface area contributed by atoms with Crippen LogP contribution in [-0.4, -0.2) is 65.0 Å². The fourth-order valence-corrected chi connectivity index (χ4v) is 7.22. The maximum Gasteiger partial charge on any atom is 0.408 e. The van der Waals surface area contributed by atoms with Gasteiger partial charge in [-0.3, -0.25) is 9.69 Å². The highest BCUT2D eigenvalue weighted by molar-refractivity contribution is 5.87. The summed E-state index contributed by atoms with van der Waals surface area (Å²) in [5.41, 5.74) is 4.70. The molecule has 0 spiro atoms. The number of phenols is 1. The van der Waals surface area contributed by atoms with Gasteiger partial charge in [0.15, 0.2) is 0 Å². The van der Waals surface area contributed by atoms with Crippen molar-refractivity contribution in [3.63, 3.8) is 0 Å². The van der Waals surface area contributed by atoms with Crippen molar-refractivity contribution in [2.45, 2.75) is 44.1 Å². The van der Waals surface area contributed by atoms with Crippen LogP contribution >= 0.6 is 0 Å². The van der Waals surface area contributed by atoms with Gasteiger partial charge in [0, 0.05) is 24.5 Å². The van der Waals surface area contributed by atoms with Crippen molar-refractivity contribution in [3.8, 4) is 11.5 Å². The van der Waals surface area contributed by atoms with Crippen LogP contribution in [0.25, 0.3) is 10.9 Å². The Hall–Kier alpha value is -5.16. The minimum atomic E-state index is -0.806. The predicted octanol–water partition coefficient (Wildman–Crippen LogP) is 5.59. The molecule has 5 N–H and O–H groups in total. The van der Waals surface area contributed by atoms with E-state index in [9.17, 15) is 19.8 Å². The van der Waals surface area contributed by atoms with Crippen molar-refractivity contribution in [2.75, 3.05) is 32.7 Å². The van der Waals surface area contributed by atoms with Crippen LogP contribution in [0.4, 0.5) is 4.79 Å². The zero-order chi connectivity index (χ0) is 35.2. The van der Waals surface area contributed by atoms with E-state index in [-0.39, 0.29) is 23.5 Å². The van der Waals surface area contributed by atoms with E-state index in [1.807, 2.05) is 54.6 Å². The second kappa shape index (κ2) is 15.8. The Labute approximate surface area is 297 Å². The maximum absolute atomic E-state index is 13.2. The zero-order valence-corrected chi connectivity index (χ0v) is 28.5. The Morgan fingerprint density at radius 2 is 1.67 bits per heavy atom. The van der Waals surface area contributed by atoms with Crippen molar-refractivity contribution in [3.05, 3.63) is 141 Å². The first-order chi connectivity index (χ1) is 24.9. The summed E-state index contributed by atoms with van der Waals surface area (Å²) in [6.07, 6.45) is 1.66. The smallest absolute Gasteiger partial charge is 0.408 e. The lowest BCUT2D eigenvalue weighted by Crippen LogP contribution is -2.52. The number of pyridine rings is 1. The van der Waals surface area contributed by atoms with Crippen LogP contribution in [0.5, 0.6) is 11.5 Å². The number of nitrogens with zero attached hydrogens (tertiary/aromatic N) is 1. The second-order valence-corrected chi connectivity index (χ2v) is 13.5. The highest BCUT2D eigenvalue weighted by Crippen LogP contribution is 2.31. The van der Waals surface area contributed by atoms with Crippen molar-refractivity contribution < 1.29 is 24.5 Å². The van der Waals surface area contributed by atoms with E-state index in [2.05, 4.69) is 44.8 Å². The van der Waals surface area contributed by atoms with E-state index in [1.165, 1.54) is 12.1 Å². The second-order valence-electron chi connectivity index (χ2n) is 13.5. The van der Waals surface area contributed by atoms with Crippen LogP contribution in [-0.2, 0) is 17.8 Å². The molecule has 1 aromatic heterocycles. The number of piperidine rings is 3. The molecule has 0 aliphatic carbocycles. The third kappa shape index (κ3) is 8.42. The fourth-order valence-electron chi connectivity index (χ4n) is 7.22. The molecule has 10 nitrogen and oxygen atoms in total. The number of carbonyl (C=O) groups excluding carboxylic acids is 1. The Morgan fingerprint density at radius 1 is 0.902 bits per heavy atom. The molecule has 0 saturated carbocycles. The monoisotopic (exact) mass is 688 g/mol. The Kier molecular flexibility index (Phi) is 10.6. The van der Waals surface area contributed by atoms with Gasteiger partial charge in [-0.25, -0.2) is 4.79 Å². The summed E-state index contributed by atoms with van der Waals surface area (Å²) < 4.78 is 12.2. The summed E-state index contributed by atoms with van der Waals surface area (Å²) in [6, 6.07) is 31.8. The number of fused-ring (bicyclic) bond motifs is 4. The molecule has 3 atom stereocenters. The first kappa shape index (κ1) is 34.3. The molecule has 2 bridgehead atoms. The first-order valence-electron chi connectivity index (χ1n) is 17.7. The van der Waals surface area contributed by atoms with E-state index < -0.39 is 12.2 Å². The highest BCUT2D eigenvalue weighted by Gasteiger charge is 2.37. The Bertz CT molecular complexity index is 1990. The number of hydrogen-bond donors (Lipinski definition) is 5. The first-order valence-corrected chi connectivity index (χ1v) is 17.7. The average molecular weight is 689 g/mol. The fraction of sp³-hybridized carbons (Fsp3) is 0.317. The minimum Gasteiger partial charge on any atom is -0.506 e. The van der Waals surface area contributed by atoms with Gasteiger partial charge in [-0.1, -0.05) is 72.8 Å². The molecular formula is C41H44N4O6. The molecule has 4 aromatic carbocycles. The average Bonchev–Trinajstić information content (AvgIpc) is 3.16. The summed E-state index contributed by atoms with van der Waals surface area (Å²) in [6.45, 7) is 4.37. The predicted molar refractivity (Wildman–Crippen MR) is 196 cm³/mol. The van der Waals surface area contributed by atoms with Crippen LogP contribution < -0.4 is 20.9 Å². The zero-order valence-electron chi connectivity index (χ0n) is 28.5. The lowest BCUT2D eigenvalue weighted by molar-refractivity contribution is -0.0336. The number of aromatic amines is 1. The lowest BCUT2D eigenvalue weighted by Gasteiger charge is -2.43. The van der Waals surface area contributed by atoms with Gasteiger partial charge in [0.2, 0.25) is 5.56 Å². The van der Waals surface area contributed by atoms with Crippen LogP contribution in [0.3, 0.4) is 0 Å². The van der Waals surface area contributed by atoms with Crippen LogP contribution in [0.1, 0.15) is 52.8 Å². The SMILES string of the molecule is O=C(NC(c1ccccc1)c1cccc(OCc2ccc(CCNCC(O)c3ccc(O)c4[nH]c(=O)ccc34)cc2)c1)OC1CN2CCC1CC2. The molecule has 3 fully saturated rings. The number of rotatable bonds is 13. The number of aliphatic hydroxyl groups is 1. The van der Waals surface area contributed by atoms with Gasteiger partial charge in [-0.15, -0.1) is 0 Å². The lowest BCUT2D eigenvalue weighted by atomic mass is 9.86. The Morgan fingerprint density at radius 3 is 2.43 bits per heavy atom. The molecule has 3 aliphatic rings. The number of H-pyrrole nitrogens is 1. The molecule has 8 rings (SSSR count). The normalized spacial score (nSPS) is 19.4. The molecule has 1 amide bonds. The molecule has 5 aromatic rings. The van der Waals surface area contributed by atoms with Gasteiger partial charge in [0.1, 0.15) is 24.2 Å². The number of nitrogens with one attached hydrogen (secondary N) is 3. The van der Waals surface area contributed by atoms with Gasteiger partial charge >= 0.3 is 6.09 Å². The van der Waals surface area contributed by atoms with E-state index in [0.717, 1.165) is 61.2 Å². The van der Waals surface area contributed by atoms with Gasteiger partial charge < -0.3 is 35.3 Å². The molecule has 10 heteroatoms. The van der Waals surface area contributed by atoms with E-state index >= 15 is 0 Å². The molecule has 3 aliphatic heterocycles. The number of benzene rings is 4. The number of carbonyl (C=O) groups is 1. The molecule has 4 heterocycles. The van der Waals surface area contributed by atoms with Gasteiger partial charge in [-0.2, -0.15) is 0 Å². The van der Waals surface area contributed by atoms with E-state index in [0.29, 0.717) is 47.8 Å². The molecule has 51 heavy (non-hydrogen) atoms. The van der Waals surface area contributed by atoms with Crippen LogP contribution in [0.2, 0.25) is 0 Å². The third-order valence-electron chi connectivity index (χ3n) is 10.1. The van der Waals surface area contributed by atoms with Gasteiger partial charge in [-0.05, 0) is 96.9 Å². The molecule has 264 valence electrons. The van der Waals surface area contributed by atoms with E-state index in [1.54, 1.807) is 12.1 Å². The number of hydrogen-bond acceptors (Lipinski definition) is 8. The molecule has 3 saturated heterocycles. The quantitative estimate of drug-likeness (QED) is 0.101. The number of amides is 1. The topological polar surface area (TPSA) is 136 Å². The summed E-state index contributed by atoms with van der Waals surface area (Å²) in [7, 11) is 0. The highest BCUT2D eigenvalue weighted by atomic mass is 16.6. The third-order valence-corrected chi connectivity index (χ3v) is 10.1. The number of aromatic nitrogens is 1. The Balaban J connectivity index is 0.913. The standard InChI is InChI=1S/C41H44N4O6/c46-35-15-13-33(34-14-16-38(48)43-40(34)35)36(47)24-42-20-17-27-9-11-28(12-10-27)26-50-32-8-4-7-31(23-32)39(30-5-2-1-3-6-30)44-41(49)51-37-25-45-21-18-29(37)19-22-45/h1-16,23,29,36-37,39,42,46-47H,17-22,24-26H2,(H,43,48)(H,44,49). The summed E-state index contributed by atoms with van der Waals surface area (Å²) >= 11 is 0. The molecule has 3 unspecified atom stereocenters. The molecular weight excluding hydrogens is 644 g/mol. The number of ether oxygens (including phenoxy) is 2. The number of phenolic OH excluding ortho intramolecular Hbond substituents is 1. The van der Waals surface area contributed by atoms with Crippen LogP contribution in [0, 0.1) is 5.92 Å². The van der Waals surface area contributed by atoms with E-state index in [4.69, 9.17) is 9.47 Å². The van der Waals surface area contributed by atoms with Crippen molar-refractivity contribution in [2.24, 2.45) is 5.92 Å². The summed E-state index contributed by atoms with van der Waals surface area (Å²) in [5, 5.41) is 28.0. The molecule has 0 radical (unpaired) electrons.